The Kier molecular flexibility index (Phi) is 10.5. The molecule has 35 heavy (non-hydrogen) atoms. The molecule has 0 radical (unpaired) electrons. The van der Waals surface area contributed by atoms with E-state index in [4.69, 9.17) is 9.47 Å². The van der Waals surface area contributed by atoms with E-state index in [2.05, 4.69) is 40.3 Å². The average molecular weight is 497 g/mol. The first-order valence-corrected chi connectivity index (χ1v) is 13.0. The van der Waals surface area contributed by atoms with E-state index in [1.165, 1.54) is 11.5 Å². The number of methoxy groups -OCH3 is 1. The summed E-state index contributed by atoms with van der Waals surface area (Å²) in [6.45, 7) is 9.65. The zero-order valence-electron chi connectivity index (χ0n) is 21.1. The minimum Gasteiger partial charge on any atom is -0.497 e. The van der Waals surface area contributed by atoms with E-state index in [1.54, 1.807) is 7.11 Å². The monoisotopic (exact) mass is 496 g/mol. The van der Waals surface area contributed by atoms with Gasteiger partial charge in [0.05, 0.1) is 13.5 Å². The van der Waals surface area contributed by atoms with E-state index in [0.717, 1.165) is 49.4 Å². The van der Waals surface area contributed by atoms with E-state index < -0.39 is 0 Å². The smallest absolute Gasteiger partial charge is 0.298 e. The van der Waals surface area contributed by atoms with Crippen molar-refractivity contribution >= 4 is 17.4 Å². The topological polar surface area (TPSA) is 76.6 Å². The molecule has 1 amide bonds. The fourth-order valence-corrected chi connectivity index (χ4v) is 4.41. The van der Waals surface area contributed by atoms with Crippen molar-refractivity contribution in [3.05, 3.63) is 65.5 Å². The number of benzene rings is 2. The summed E-state index contributed by atoms with van der Waals surface area (Å²) in [7, 11) is 1.65. The lowest BCUT2D eigenvalue weighted by Crippen LogP contribution is -2.34. The molecule has 0 saturated heterocycles. The molecule has 2 aromatic carbocycles. The number of nitrogens with one attached hydrogen (secondary N) is 1. The molecule has 188 valence electrons. The van der Waals surface area contributed by atoms with Crippen LogP contribution in [0.1, 0.15) is 50.6 Å². The average Bonchev–Trinajstić information content (AvgIpc) is 3.29. The Labute approximate surface area is 212 Å². The van der Waals surface area contributed by atoms with Crippen molar-refractivity contribution in [1.82, 2.24) is 19.6 Å². The van der Waals surface area contributed by atoms with E-state index in [0.29, 0.717) is 29.6 Å². The van der Waals surface area contributed by atoms with Crippen molar-refractivity contribution in [1.29, 1.82) is 0 Å². The van der Waals surface area contributed by atoms with Crippen LogP contribution in [-0.2, 0) is 17.6 Å². The van der Waals surface area contributed by atoms with Gasteiger partial charge in [0, 0.05) is 24.0 Å². The highest BCUT2D eigenvalue weighted by Gasteiger charge is 2.11. The van der Waals surface area contributed by atoms with Crippen LogP contribution in [0.15, 0.2) is 48.5 Å². The summed E-state index contributed by atoms with van der Waals surface area (Å²) in [5.74, 6) is 2.23. The van der Waals surface area contributed by atoms with E-state index >= 15 is 0 Å². The number of aromatic nitrogens is 2. The summed E-state index contributed by atoms with van der Waals surface area (Å²) in [5, 5.41) is 3.60. The molecule has 0 spiro atoms. The maximum absolute atomic E-state index is 12.4. The molecule has 7 nitrogen and oxygen atoms in total. The normalized spacial score (nSPS) is 11.9. The maximum atomic E-state index is 12.4. The molecule has 1 aromatic heterocycles. The van der Waals surface area contributed by atoms with Crippen molar-refractivity contribution in [2.45, 2.75) is 52.5 Å². The number of carbonyl (C=O) groups excluding carboxylic acids is 1. The van der Waals surface area contributed by atoms with Gasteiger partial charge in [-0.05, 0) is 74.8 Å². The molecule has 0 aliphatic heterocycles. The van der Waals surface area contributed by atoms with Crippen LogP contribution < -0.4 is 14.8 Å². The van der Waals surface area contributed by atoms with Crippen molar-refractivity contribution in [2.24, 2.45) is 0 Å². The second-order valence-electron chi connectivity index (χ2n) is 8.57. The van der Waals surface area contributed by atoms with Gasteiger partial charge in [0.1, 0.15) is 11.5 Å². The number of hydrogen-bond acceptors (Lipinski definition) is 7. The minimum atomic E-state index is 0.0420. The van der Waals surface area contributed by atoms with Crippen LogP contribution in [-0.4, -0.2) is 53.0 Å². The second kappa shape index (κ2) is 13.8. The zero-order valence-corrected chi connectivity index (χ0v) is 21.9. The highest BCUT2D eigenvalue weighted by atomic mass is 32.1. The van der Waals surface area contributed by atoms with Gasteiger partial charge in [-0.1, -0.05) is 38.1 Å². The summed E-state index contributed by atoms with van der Waals surface area (Å²) in [4.78, 5) is 19.3. The van der Waals surface area contributed by atoms with Gasteiger partial charge in [-0.2, -0.15) is 9.36 Å². The van der Waals surface area contributed by atoms with Gasteiger partial charge in [0.25, 0.3) is 5.19 Å². The van der Waals surface area contributed by atoms with Gasteiger partial charge in [0.2, 0.25) is 5.91 Å². The molecule has 0 bridgehead atoms. The third-order valence-corrected chi connectivity index (χ3v) is 6.49. The molecule has 1 heterocycles. The van der Waals surface area contributed by atoms with Gasteiger partial charge in [-0.25, -0.2) is 0 Å². The molecule has 0 aliphatic rings. The molecule has 0 saturated carbocycles. The first-order chi connectivity index (χ1) is 17.0. The van der Waals surface area contributed by atoms with Crippen molar-refractivity contribution in [2.75, 3.05) is 26.7 Å². The first-order valence-electron chi connectivity index (χ1n) is 12.2. The van der Waals surface area contributed by atoms with Gasteiger partial charge >= 0.3 is 0 Å². The van der Waals surface area contributed by atoms with Crippen LogP contribution in [0, 0.1) is 0 Å². The van der Waals surface area contributed by atoms with Crippen LogP contribution in [0.4, 0.5) is 0 Å². The zero-order chi connectivity index (χ0) is 25.0. The molecule has 0 fully saturated rings. The fraction of sp³-hybridized carbons (Fsp3) is 0.444. The number of nitrogens with zero attached hydrogens (tertiary/aromatic N) is 3. The van der Waals surface area contributed by atoms with Gasteiger partial charge in [-0.15, -0.1) is 0 Å². The van der Waals surface area contributed by atoms with Crippen LogP contribution in [0.25, 0.3) is 0 Å². The summed E-state index contributed by atoms with van der Waals surface area (Å²) in [6, 6.07) is 15.6. The number of ether oxygens (including phenoxy) is 2. The van der Waals surface area contributed by atoms with Crippen molar-refractivity contribution in [3.63, 3.8) is 0 Å². The quantitative estimate of drug-likeness (QED) is 0.335. The Morgan fingerprint density at radius 2 is 1.86 bits per heavy atom. The Bertz CT molecular complexity index is 1050. The SMILES string of the molecule is CCN(CC)CCCC(C)NC(=O)Cc1ccc(Oc2nc(Cc3cccc(OC)c3)ns2)cc1. The summed E-state index contributed by atoms with van der Waals surface area (Å²) in [5.41, 5.74) is 2.02. The number of rotatable bonds is 14. The highest BCUT2D eigenvalue weighted by Crippen LogP contribution is 2.25. The third kappa shape index (κ3) is 8.96. The molecule has 1 atom stereocenters. The van der Waals surface area contributed by atoms with Crippen molar-refractivity contribution < 1.29 is 14.3 Å². The van der Waals surface area contributed by atoms with E-state index in [9.17, 15) is 4.79 Å². The van der Waals surface area contributed by atoms with Gasteiger partial charge < -0.3 is 19.7 Å². The molecular formula is C27H36N4O3S. The molecule has 8 heteroatoms. The Morgan fingerprint density at radius 1 is 1.09 bits per heavy atom. The Morgan fingerprint density at radius 3 is 2.57 bits per heavy atom. The lowest BCUT2D eigenvalue weighted by Gasteiger charge is -2.19. The van der Waals surface area contributed by atoms with Crippen molar-refractivity contribution in [3.8, 4) is 16.7 Å². The Hall–Kier alpha value is -2.97. The maximum Gasteiger partial charge on any atom is 0.298 e. The standard InChI is InChI=1S/C27H36N4O3S/c1-5-31(6-2)16-8-9-20(3)28-26(32)19-21-12-14-23(15-13-21)34-27-29-25(30-35-27)18-22-10-7-11-24(17-22)33-4/h7,10-15,17,20H,5-6,8-9,16,18-19H2,1-4H3,(H,28,32). The molecule has 1 unspecified atom stereocenters. The lowest BCUT2D eigenvalue weighted by molar-refractivity contribution is -0.121. The molecule has 0 aliphatic carbocycles. The lowest BCUT2D eigenvalue weighted by atomic mass is 10.1. The number of hydrogen-bond donors (Lipinski definition) is 1. The molecule has 3 rings (SSSR count). The van der Waals surface area contributed by atoms with Crippen LogP contribution >= 0.6 is 11.5 Å². The molecule has 3 aromatic rings. The highest BCUT2D eigenvalue weighted by molar-refractivity contribution is 7.07. The van der Waals surface area contributed by atoms with Crippen LogP contribution in [0.3, 0.4) is 0 Å². The third-order valence-electron chi connectivity index (χ3n) is 5.85. The van der Waals surface area contributed by atoms with Gasteiger partial charge in [-0.3, -0.25) is 4.79 Å². The predicted molar refractivity (Wildman–Crippen MR) is 141 cm³/mol. The summed E-state index contributed by atoms with van der Waals surface area (Å²) >= 11 is 1.22. The molecule has 1 N–H and O–H groups in total. The van der Waals surface area contributed by atoms with Gasteiger partial charge in [0.15, 0.2) is 5.82 Å². The van der Waals surface area contributed by atoms with Crippen LogP contribution in [0.2, 0.25) is 0 Å². The minimum absolute atomic E-state index is 0.0420. The largest absolute Gasteiger partial charge is 0.497 e. The molecular weight excluding hydrogens is 460 g/mol. The van der Waals surface area contributed by atoms with E-state index in [-0.39, 0.29) is 11.9 Å². The number of carbonyl (C=O) groups is 1. The summed E-state index contributed by atoms with van der Waals surface area (Å²) in [6.07, 6.45) is 3.03. The van der Waals surface area contributed by atoms with E-state index in [1.807, 2.05) is 48.5 Å². The number of amides is 1. The van der Waals surface area contributed by atoms with Crippen LogP contribution in [0.5, 0.6) is 16.7 Å². The summed E-state index contributed by atoms with van der Waals surface area (Å²) < 4.78 is 15.5. The fourth-order valence-electron chi connectivity index (χ4n) is 3.84. The second-order valence-corrected chi connectivity index (χ2v) is 9.28. The predicted octanol–water partition coefficient (Wildman–Crippen LogP) is 5.10. The first kappa shape index (κ1) is 26.6. The Balaban J connectivity index is 1.44.